The molecule has 0 aliphatic carbocycles. The van der Waals surface area contributed by atoms with Gasteiger partial charge in [-0.2, -0.15) is 0 Å². The van der Waals surface area contributed by atoms with Gasteiger partial charge in [-0.3, -0.25) is 0 Å². The van der Waals surface area contributed by atoms with E-state index in [1.165, 1.54) is 17.2 Å². The van der Waals surface area contributed by atoms with Crippen LogP contribution in [0.3, 0.4) is 0 Å². The highest BCUT2D eigenvalue weighted by Gasteiger charge is 2.05. The molecule has 15 heavy (non-hydrogen) atoms. The zero-order chi connectivity index (χ0) is 11.0. The molecule has 0 spiro atoms. The third-order valence-electron chi connectivity index (χ3n) is 2.35. The van der Waals surface area contributed by atoms with Crippen LogP contribution in [-0.2, 0) is 0 Å². The van der Waals surface area contributed by atoms with Gasteiger partial charge >= 0.3 is 0 Å². The van der Waals surface area contributed by atoms with Crippen LogP contribution in [-0.4, -0.2) is 10.1 Å². The number of rotatable bonds is 1. The highest BCUT2D eigenvalue weighted by atomic mass is 16.3. The summed E-state index contributed by atoms with van der Waals surface area (Å²) < 4.78 is 5.47. The number of oxazole rings is 1. The molecular weight excluding hydrogens is 190 g/mol. The molecule has 3 heteroatoms. The van der Waals surface area contributed by atoms with Crippen LogP contribution < -0.4 is 0 Å². The Hall–Kier alpha value is -1.77. The molecule has 1 heterocycles. The first kappa shape index (κ1) is 9.77. The number of aliphatic hydroxyl groups is 1. The fraction of sp³-hybridized carbons (Fsp3) is 0.250. The zero-order valence-electron chi connectivity index (χ0n) is 9.03. The van der Waals surface area contributed by atoms with Crippen LogP contribution in [0.25, 0.3) is 17.2 Å². The second-order valence-electron chi connectivity index (χ2n) is 3.74. The minimum Gasteiger partial charge on any atom is -0.512 e. The van der Waals surface area contributed by atoms with Crippen molar-refractivity contribution in [3.63, 3.8) is 0 Å². The maximum absolute atomic E-state index is 9.10. The SMILES string of the molecule is C/C(O)=C/c1nc2cc(C)c(C)cc2o1. The van der Waals surface area contributed by atoms with Crippen molar-refractivity contribution in [1.29, 1.82) is 0 Å². The standard InChI is InChI=1S/C12H13NO2/c1-7-4-10-11(5-8(7)2)15-12(13-10)6-9(3)14/h4-6,14H,1-3H3/b9-6-. The molecule has 78 valence electrons. The van der Waals surface area contributed by atoms with Crippen LogP contribution in [0, 0.1) is 13.8 Å². The van der Waals surface area contributed by atoms with Gasteiger partial charge in [0.2, 0.25) is 5.89 Å². The van der Waals surface area contributed by atoms with E-state index in [4.69, 9.17) is 9.52 Å². The van der Waals surface area contributed by atoms with E-state index < -0.39 is 0 Å². The molecule has 0 saturated heterocycles. The van der Waals surface area contributed by atoms with Crippen molar-refractivity contribution in [1.82, 2.24) is 4.98 Å². The first-order valence-corrected chi connectivity index (χ1v) is 4.81. The van der Waals surface area contributed by atoms with Gasteiger partial charge < -0.3 is 9.52 Å². The van der Waals surface area contributed by atoms with Crippen molar-refractivity contribution >= 4 is 17.2 Å². The maximum atomic E-state index is 9.10. The maximum Gasteiger partial charge on any atom is 0.223 e. The normalized spacial score (nSPS) is 12.3. The zero-order valence-corrected chi connectivity index (χ0v) is 9.03. The Bertz CT molecular complexity index is 495. The summed E-state index contributed by atoms with van der Waals surface area (Å²) in [7, 11) is 0. The molecule has 0 saturated carbocycles. The molecule has 0 aliphatic rings. The number of aliphatic hydroxyl groups excluding tert-OH is 1. The summed E-state index contributed by atoms with van der Waals surface area (Å²) in [5.74, 6) is 0.630. The average molecular weight is 203 g/mol. The first-order chi connectivity index (χ1) is 7.06. The van der Waals surface area contributed by atoms with E-state index in [9.17, 15) is 0 Å². The fourth-order valence-electron chi connectivity index (χ4n) is 1.44. The Morgan fingerprint density at radius 1 is 1.33 bits per heavy atom. The van der Waals surface area contributed by atoms with Crippen LogP contribution >= 0.6 is 0 Å². The molecular formula is C12H13NO2. The molecule has 1 aromatic carbocycles. The van der Waals surface area contributed by atoms with Crippen molar-refractivity contribution in [2.75, 3.05) is 0 Å². The Balaban J connectivity index is 2.61. The van der Waals surface area contributed by atoms with Gasteiger partial charge in [0.05, 0.1) is 5.76 Å². The number of aryl methyl sites for hydroxylation is 2. The number of hydrogen-bond acceptors (Lipinski definition) is 3. The molecule has 0 atom stereocenters. The Morgan fingerprint density at radius 2 is 2.00 bits per heavy atom. The van der Waals surface area contributed by atoms with Gasteiger partial charge in [-0.05, 0) is 44.0 Å². The number of fused-ring (bicyclic) bond motifs is 1. The molecule has 3 nitrogen and oxygen atoms in total. The summed E-state index contributed by atoms with van der Waals surface area (Å²) in [5, 5.41) is 9.10. The number of allylic oxidation sites excluding steroid dienone is 1. The smallest absolute Gasteiger partial charge is 0.223 e. The van der Waals surface area contributed by atoms with Crippen LogP contribution in [0.4, 0.5) is 0 Å². The number of aromatic nitrogens is 1. The number of nitrogens with zero attached hydrogens (tertiary/aromatic N) is 1. The Morgan fingerprint density at radius 3 is 2.67 bits per heavy atom. The van der Waals surface area contributed by atoms with Gasteiger partial charge in [0.1, 0.15) is 5.52 Å². The monoisotopic (exact) mass is 203 g/mol. The van der Waals surface area contributed by atoms with Gasteiger partial charge in [-0.25, -0.2) is 4.98 Å². The molecule has 0 fully saturated rings. The minimum absolute atomic E-state index is 0.190. The molecule has 0 radical (unpaired) electrons. The van der Waals surface area contributed by atoms with Crippen molar-refractivity contribution < 1.29 is 9.52 Å². The number of hydrogen-bond donors (Lipinski definition) is 1. The Kier molecular flexibility index (Phi) is 2.23. The summed E-state index contributed by atoms with van der Waals surface area (Å²) in [6.45, 7) is 5.66. The summed E-state index contributed by atoms with van der Waals surface area (Å²) in [5.41, 5.74) is 3.94. The molecule has 0 bridgehead atoms. The molecule has 1 aromatic heterocycles. The summed E-state index contributed by atoms with van der Waals surface area (Å²) >= 11 is 0. The van der Waals surface area contributed by atoms with E-state index in [0.29, 0.717) is 5.89 Å². The summed E-state index contributed by atoms with van der Waals surface area (Å²) in [4.78, 5) is 4.25. The van der Waals surface area contributed by atoms with Crippen molar-refractivity contribution in [2.45, 2.75) is 20.8 Å². The van der Waals surface area contributed by atoms with E-state index in [2.05, 4.69) is 4.98 Å². The fourth-order valence-corrected chi connectivity index (χ4v) is 1.44. The van der Waals surface area contributed by atoms with Crippen LogP contribution in [0.5, 0.6) is 0 Å². The highest BCUT2D eigenvalue weighted by Crippen LogP contribution is 2.21. The van der Waals surface area contributed by atoms with E-state index in [-0.39, 0.29) is 5.76 Å². The molecule has 2 aromatic rings. The molecule has 1 N–H and O–H groups in total. The summed E-state index contributed by atoms with van der Waals surface area (Å²) in [6, 6.07) is 3.94. The second kappa shape index (κ2) is 3.42. The summed E-state index contributed by atoms with van der Waals surface area (Å²) in [6.07, 6.45) is 1.50. The first-order valence-electron chi connectivity index (χ1n) is 4.81. The topological polar surface area (TPSA) is 46.3 Å². The lowest BCUT2D eigenvalue weighted by atomic mass is 10.1. The lowest BCUT2D eigenvalue weighted by molar-refractivity contribution is 0.417. The second-order valence-corrected chi connectivity index (χ2v) is 3.74. The third-order valence-corrected chi connectivity index (χ3v) is 2.35. The van der Waals surface area contributed by atoms with Crippen LogP contribution in [0.1, 0.15) is 23.9 Å². The Labute approximate surface area is 88.1 Å². The van der Waals surface area contributed by atoms with Gasteiger partial charge in [-0.15, -0.1) is 0 Å². The van der Waals surface area contributed by atoms with Crippen molar-refractivity contribution in [3.05, 3.63) is 34.9 Å². The molecule has 0 unspecified atom stereocenters. The quantitative estimate of drug-likeness (QED) is 0.723. The van der Waals surface area contributed by atoms with E-state index in [1.807, 2.05) is 26.0 Å². The predicted octanol–water partition coefficient (Wildman–Crippen LogP) is 3.36. The highest BCUT2D eigenvalue weighted by molar-refractivity contribution is 5.76. The lowest BCUT2D eigenvalue weighted by Crippen LogP contribution is -1.79. The van der Waals surface area contributed by atoms with E-state index in [1.54, 1.807) is 6.92 Å². The minimum atomic E-state index is 0.190. The number of benzene rings is 1. The van der Waals surface area contributed by atoms with Gasteiger partial charge in [0.15, 0.2) is 5.58 Å². The molecule has 2 rings (SSSR count). The average Bonchev–Trinajstić information content (AvgIpc) is 2.46. The van der Waals surface area contributed by atoms with E-state index in [0.717, 1.165) is 11.1 Å². The molecule has 0 amide bonds. The van der Waals surface area contributed by atoms with Crippen LogP contribution in [0.2, 0.25) is 0 Å². The van der Waals surface area contributed by atoms with Gasteiger partial charge in [-0.1, -0.05) is 0 Å². The lowest BCUT2D eigenvalue weighted by Gasteiger charge is -1.96. The van der Waals surface area contributed by atoms with E-state index >= 15 is 0 Å². The van der Waals surface area contributed by atoms with Gasteiger partial charge in [0.25, 0.3) is 0 Å². The van der Waals surface area contributed by atoms with Gasteiger partial charge in [0, 0.05) is 6.08 Å². The molecule has 0 aliphatic heterocycles. The van der Waals surface area contributed by atoms with Crippen LogP contribution in [0.15, 0.2) is 22.3 Å². The third kappa shape index (κ3) is 1.86. The van der Waals surface area contributed by atoms with Crippen molar-refractivity contribution in [2.24, 2.45) is 0 Å². The predicted molar refractivity (Wildman–Crippen MR) is 59.8 cm³/mol. The van der Waals surface area contributed by atoms with Crippen molar-refractivity contribution in [3.8, 4) is 0 Å². The largest absolute Gasteiger partial charge is 0.512 e.